The minimum atomic E-state index is -1.79. The number of carbonyl (C=O) groups is 4. The molecule has 1 saturated heterocycles. The first-order valence-electron chi connectivity index (χ1n) is 13.1. The zero-order valence-corrected chi connectivity index (χ0v) is 25.5. The topological polar surface area (TPSA) is 252 Å². The van der Waals surface area contributed by atoms with Gasteiger partial charge < -0.3 is 37.2 Å². The number of carboxylic acids is 2. The molecule has 4 rings (SSSR count). The fourth-order valence-electron chi connectivity index (χ4n) is 4.06. The SMILES string of the molecule is CC(N)=NCCNc1cc[n+](CC2=C(C(=O)O)N3C(=O)C(NC(=O)C(=NOC(C)(C)C(=O)O)c4nsc(N)n4)C3SC2)cc1. The first kappa shape index (κ1) is 32.1. The summed E-state index contributed by atoms with van der Waals surface area (Å²) in [5, 5.41) is 28.1. The van der Waals surface area contributed by atoms with Crippen molar-refractivity contribution < 1.29 is 38.8 Å². The average molecular weight is 648 g/mol. The molecule has 0 aliphatic carbocycles. The zero-order chi connectivity index (χ0) is 32.2. The average Bonchev–Trinajstić information content (AvgIpc) is 3.39. The number of anilines is 2. The lowest BCUT2D eigenvalue weighted by molar-refractivity contribution is -0.688. The highest BCUT2D eigenvalue weighted by Gasteiger charge is 2.55. The van der Waals surface area contributed by atoms with Crippen molar-refractivity contribution in [2.24, 2.45) is 15.9 Å². The number of hydrogen-bond acceptors (Lipinski definition) is 13. The number of aromatic nitrogens is 3. The largest absolute Gasteiger partial charge is 0.478 e. The molecular weight excluding hydrogens is 616 g/mol. The number of pyridine rings is 1. The third-order valence-corrected chi connectivity index (χ3v) is 8.23. The van der Waals surface area contributed by atoms with Gasteiger partial charge in [0.25, 0.3) is 11.8 Å². The van der Waals surface area contributed by atoms with E-state index in [9.17, 15) is 29.4 Å². The van der Waals surface area contributed by atoms with Crippen LogP contribution in [-0.4, -0.2) is 95.6 Å². The maximum atomic E-state index is 13.2. The number of aliphatic imine (C=N–C) groups is 1. The van der Waals surface area contributed by atoms with Crippen LogP contribution in [0.5, 0.6) is 0 Å². The van der Waals surface area contributed by atoms with Gasteiger partial charge in [-0.1, -0.05) is 5.16 Å². The summed E-state index contributed by atoms with van der Waals surface area (Å²) in [7, 11) is 0. The fraction of sp³-hybridized carbons (Fsp3) is 0.400. The second kappa shape index (κ2) is 13.2. The van der Waals surface area contributed by atoms with Gasteiger partial charge in [-0.2, -0.15) is 9.36 Å². The van der Waals surface area contributed by atoms with Crippen molar-refractivity contribution in [1.29, 1.82) is 0 Å². The number of hydrogen-bond donors (Lipinski definition) is 6. The van der Waals surface area contributed by atoms with Crippen molar-refractivity contribution in [3.8, 4) is 0 Å². The standard InChI is InChI=1S/C25H30N10O7S2/c1-12(26)28-6-7-29-14-4-8-34(9-5-14)10-13-11-43-21-16(20(37)35(21)17(13)22(38)39)30-19(36)15(18-31-24(27)44-33-18)32-42-25(2,3)23(40)41/h4-5,8-9,16,21H,6-7,10-11H2,1-3H3,(H7,26,27,28,30,31,33,36,38,39,40,41)/p+1. The van der Waals surface area contributed by atoms with E-state index in [-0.39, 0.29) is 29.0 Å². The molecule has 0 radical (unpaired) electrons. The number of carbonyl (C=O) groups excluding carboxylic acids is 2. The minimum Gasteiger partial charge on any atom is -0.478 e. The van der Waals surface area contributed by atoms with Crippen LogP contribution in [0.1, 0.15) is 26.6 Å². The molecule has 44 heavy (non-hydrogen) atoms. The lowest BCUT2D eigenvalue weighted by Crippen LogP contribution is -2.71. The molecule has 2 atom stereocenters. The van der Waals surface area contributed by atoms with E-state index >= 15 is 0 Å². The van der Waals surface area contributed by atoms with Gasteiger partial charge in [0.15, 0.2) is 24.1 Å². The lowest BCUT2D eigenvalue weighted by Gasteiger charge is -2.49. The maximum Gasteiger partial charge on any atom is 0.352 e. The molecule has 0 saturated carbocycles. The summed E-state index contributed by atoms with van der Waals surface area (Å²) >= 11 is 2.07. The highest BCUT2D eigenvalue weighted by atomic mass is 32.2. The first-order valence-corrected chi connectivity index (χ1v) is 14.9. The van der Waals surface area contributed by atoms with Crippen molar-refractivity contribution in [2.75, 3.05) is 29.9 Å². The highest BCUT2D eigenvalue weighted by Crippen LogP contribution is 2.40. The molecule has 1 fully saturated rings. The van der Waals surface area contributed by atoms with E-state index in [1.807, 2.05) is 12.1 Å². The molecular formula is C25H31N10O7S2+. The van der Waals surface area contributed by atoms with Crippen LogP contribution in [0.15, 0.2) is 45.9 Å². The molecule has 234 valence electrons. The number of carboxylic acid groups (broad SMARTS) is 2. The van der Waals surface area contributed by atoms with Crippen LogP contribution in [0.4, 0.5) is 10.8 Å². The van der Waals surface area contributed by atoms with Gasteiger partial charge in [0.2, 0.25) is 17.1 Å². The molecule has 0 bridgehead atoms. The Morgan fingerprint density at radius 3 is 2.57 bits per heavy atom. The molecule has 0 aromatic carbocycles. The molecule has 4 heterocycles. The Labute approximate surface area is 259 Å². The lowest BCUT2D eigenvalue weighted by atomic mass is 10.0. The Morgan fingerprint density at radius 2 is 1.98 bits per heavy atom. The number of fused-ring (bicyclic) bond motifs is 1. The molecule has 17 nitrogen and oxygen atoms in total. The Morgan fingerprint density at radius 1 is 1.27 bits per heavy atom. The quantitative estimate of drug-likeness (QED) is 0.0390. The van der Waals surface area contributed by atoms with E-state index in [0.29, 0.717) is 24.5 Å². The van der Waals surface area contributed by atoms with Gasteiger partial charge in [-0.3, -0.25) is 19.5 Å². The van der Waals surface area contributed by atoms with E-state index in [2.05, 4.69) is 30.1 Å². The number of amidine groups is 1. The van der Waals surface area contributed by atoms with E-state index in [1.54, 1.807) is 23.9 Å². The van der Waals surface area contributed by atoms with Gasteiger partial charge in [-0.05, 0) is 20.8 Å². The predicted octanol–water partition coefficient (Wildman–Crippen LogP) is -0.780. The van der Waals surface area contributed by atoms with Gasteiger partial charge in [0.05, 0.1) is 12.4 Å². The molecule has 0 spiro atoms. The predicted molar refractivity (Wildman–Crippen MR) is 161 cm³/mol. The first-order chi connectivity index (χ1) is 20.8. The number of thioether (sulfide) groups is 1. The fourth-order valence-corrected chi connectivity index (χ4v) is 5.83. The van der Waals surface area contributed by atoms with Gasteiger partial charge in [-0.25, -0.2) is 14.2 Å². The number of rotatable bonds is 13. The number of nitrogens with one attached hydrogen (secondary N) is 2. The molecule has 2 aliphatic rings. The molecule has 8 N–H and O–H groups in total. The summed E-state index contributed by atoms with van der Waals surface area (Å²) in [5.74, 6) is -3.61. The molecule has 2 amide bonds. The zero-order valence-electron chi connectivity index (χ0n) is 23.9. The summed E-state index contributed by atoms with van der Waals surface area (Å²) in [4.78, 5) is 64.4. The number of nitrogens with two attached hydrogens (primary N) is 2. The molecule has 2 aromatic rings. The highest BCUT2D eigenvalue weighted by molar-refractivity contribution is 8.00. The summed E-state index contributed by atoms with van der Waals surface area (Å²) in [6.07, 6.45) is 3.58. The van der Waals surface area contributed by atoms with Crippen LogP contribution < -0.4 is 26.7 Å². The normalized spacial score (nSPS) is 18.8. The number of nitrogen functional groups attached to an aromatic ring is 1. The smallest absolute Gasteiger partial charge is 0.352 e. The number of amides is 2. The van der Waals surface area contributed by atoms with E-state index in [0.717, 1.165) is 22.1 Å². The molecule has 2 aromatic heterocycles. The molecule has 2 aliphatic heterocycles. The molecule has 2 unspecified atom stereocenters. The van der Waals surface area contributed by atoms with E-state index < -0.39 is 46.5 Å². The monoisotopic (exact) mass is 647 g/mol. The number of β-lactam (4-membered cyclic amide) rings is 1. The van der Waals surface area contributed by atoms with Gasteiger partial charge in [0.1, 0.15) is 17.1 Å². The van der Waals surface area contributed by atoms with Crippen LogP contribution in [0, 0.1) is 0 Å². The number of oxime groups is 1. The Hall–Kier alpha value is -4.78. The van der Waals surface area contributed by atoms with E-state index in [4.69, 9.17) is 16.3 Å². The summed E-state index contributed by atoms with van der Waals surface area (Å²) in [6.45, 7) is 5.51. The van der Waals surface area contributed by atoms with Gasteiger partial charge >= 0.3 is 11.9 Å². The van der Waals surface area contributed by atoms with Crippen molar-refractivity contribution in [2.45, 2.75) is 44.3 Å². The third kappa shape index (κ3) is 7.22. The second-order valence-electron chi connectivity index (χ2n) is 10.1. The Bertz CT molecular complexity index is 1550. The van der Waals surface area contributed by atoms with Crippen LogP contribution in [0.2, 0.25) is 0 Å². The summed E-state index contributed by atoms with van der Waals surface area (Å²) < 4.78 is 5.73. The van der Waals surface area contributed by atoms with Crippen LogP contribution >= 0.6 is 23.3 Å². The number of aliphatic carboxylic acids is 2. The van der Waals surface area contributed by atoms with E-state index in [1.165, 1.54) is 25.6 Å². The van der Waals surface area contributed by atoms with Gasteiger partial charge in [-0.15, -0.1) is 11.8 Å². The number of nitrogens with zero attached hydrogens (tertiary/aromatic N) is 6. The van der Waals surface area contributed by atoms with Crippen LogP contribution in [0.3, 0.4) is 0 Å². The van der Waals surface area contributed by atoms with Crippen LogP contribution in [0.25, 0.3) is 0 Å². The third-order valence-electron chi connectivity index (χ3n) is 6.35. The van der Waals surface area contributed by atoms with Crippen LogP contribution in [-0.2, 0) is 30.6 Å². The second-order valence-corrected chi connectivity index (χ2v) is 12.0. The summed E-state index contributed by atoms with van der Waals surface area (Å²) in [5.41, 5.74) is 10.1. The van der Waals surface area contributed by atoms with Crippen molar-refractivity contribution in [3.05, 3.63) is 41.6 Å². The Kier molecular flexibility index (Phi) is 9.68. The van der Waals surface area contributed by atoms with Crippen molar-refractivity contribution in [3.63, 3.8) is 0 Å². The maximum absolute atomic E-state index is 13.2. The summed E-state index contributed by atoms with van der Waals surface area (Å²) in [6, 6.07) is 2.58. The molecule has 19 heteroatoms. The van der Waals surface area contributed by atoms with Crippen molar-refractivity contribution >= 4 is 69.4 Å². The Balaban J connectivity index is 1.47. The van der Waals surface area contributed by atoms with Crippen molar-refractivity contribution in [1.82, 2.24) is 19.6 Å². The van der Waals surface area contributed by atoms with Gasteiger partial charge in [0, 0.05) is 47.2 Å². The minimum absolute atomic E-state index is 0.0200.